The molecule has 2 aliphatic rings. The third-order valence-corrected chi connectivity index (χ3v) is 4.40. The molecule has 2 fully saturated rings. The topological polar surface area (TPSA) is 59.2 Å². The summed E-state index contributed by atoms with van der Waals surface area (Å²) in [5, 5.41) is 7.98. The second-order valence-corrected chi connectivity index (χ2v) is 5.93. The molecule has 0 aromatic carbocycles. The minimum Gasteiger partial charge on any atom is -0.339 e. The number of hydrogen-bond donors (Lipinski definition) is 0. The lowest BCUT2D eigenvalue weighted by atomic mass is 10.1. The average Bonchev–Trinajstić information content (AvgIpc) is 2.88. The van der Waals surface area contributed by atoms with E-state index in [1.165, 1.54) is 0 Å². The Morgan fingerprint density at radius 3 is 3.05 bits per heavy atom. The molecule has 6 heteroatoms. The van der Waals surface area contributed by atoms with E-state index in [0.29, 0.717) is 24.2 Å². The molecule has 19 heavy (non-hydrogen) atoms. The molecule has 0 bridgehead atoms. The molecule has 0 unspecified atom stereocenters. The smallest absolute Gasteiger partial charge is 0.232 e. The molecule has 0 spiro atoms. The van der Waals surface area contributed by atoms with Crippen LogP contribution in [0.25, 0.3) is 11.4 Å². The van der Waals surface area contributed by atoms with Crippen molar-refractivity contribution < 1.29 is 9.32 Å². The number of thiophene rings is 1. The first-order valence-corrected chi connectivity index (χ1v) is 7.41. The molecule has 1 saturated heterocycles. The van der Waals surface area contributed by atoms with Crippen molar-refractivity contribution in [3.8, 4) is 11.4 Å². The molecule has 1 aliphatic heterocycles. The Kier molecular flexibility index (Phi) is 2.44. The van der Waals surface area contributed by atoms with Gasteiger partial charge < -0.3 is 9.42 Å². The van der Waals surface area contributed by atoms with Crippen LogP contribution >= 0.6 is 11.3 Å². The summed E-state index contributed by atoms with van der Waals surface area (Å²) in [4.78, 5) is 18.3. The van der Waals surface area contributed by atoms with Crippen LogP contribution in [-0.2, 0) is 4.79 Å². The van der Waals surface area contributed by atoms with E-state index >= 15 is 0 Å². The Bertz CT molecular complexity index is 603. The largest absolute Gasteiger partial charge is 0.339 e. The first-order valence-electron chi connectivity index (χ1n) is 6.47. The number of likely N-dealkylation sites (tertiary alicyclic amines) is 1. The molecule has 4 rings (SSSR count). The minimum absolute atomic E-state index is 0.0629. The summed E-state index contributed by atoms with van der Waals surface area (Å²) in [5.74, 6) is 1.50. The third-order valence-electron chi connectivity index (χ3n) is 3.72. The zero-order valence-electron chi connectivity index (χ0n) is 10.3. The van der Waals surface area contributed by atoms with E-state index in [1.807, 2.05) is 21.7 Å². The van der Waals surface area contributed by atoms with Gasteiger partial charge in [0.1, 0.15) is 0 Å². The van der Waals surface area contributed by atoms with Crippen molar-refractivity contribution in [2.45, 2.75) is 31.2 Å². The monoisotopic (exact) mass is 275 g/mol. The van der Waals surface area contributed by atoms with Crippen LogP contribution in [0.1, 0.15) is 31.1 Å². The fourth-order valence-corrected chi connectivity index (χ4v) is 3.18. The van der Waals surface area contributed by atoms with E-state index in [0.717, 1.165) is 24.9 Å². The highest BCUT2D eigenvalue weighted by Crippen LogP contribution is 2.36. The highest BCUT2D eigenvalue weighted by Gasteiger charge is 2.41. The number of aromatic nitrogens is 2. The van der Waals surface area contributed by atoms with Gasteiger partial charge in [-0.05, 0) is 24.3 Å². The molecule has 1 saturated carbocycles. The predicted octanol–water partition coefficient (Wildman–Crippen LogP) is 2.28. The molecule has 0 N–H and O–H groups in total. The molecule has 1 aliphatic carbocycles. The summed E-state index contributed by atoms with van der Waals surface area (Å²) in [6.07, 6.45) is 2.78. The predicted molar refractivity (Wildman–Crippen MR) is 69.7 cm³/mol. The van der Waals surface area contributed by atoms with Crippen LogP contribution in [0, 0.1) is 0 Å². The van der Waals surface area contributed by atoms with Gasteiger partial charge in [-0.15, -0.1) is 0 Å². The average molecular weight is 275 g/mol. The molecule has 1 atom stereocenters. The van der Waals surface area contributed by atoms with Gasteiger partial charge in [0, 0.05) is 30.0 Å². The van der Waals surface area contributed by atoms with E-state index in [-0.39, 0.29) is 11.8 Å². The molecule has 5 nitrogen and oxygen atoms in total. The van der Waals surface area contributed by atoms with Crippen LogP contribution in [0.5, 0.6) is 0 Å². The lowest BCUT2D eigenvalue weighted by Gasteiger charge is -2.13. The van der Waals surface area contributed by atoms with Crippen molar-refractivity contribution in [2.75, 3.05) is 6.54 Å². The van der Waals surface area contributed by atoms with Crippen LogP contribution in [0.4, 0.5) is 0 Å². The number of rotatable bonds is 3. The van der Waals surface area contributed by atoms with Crippen molar-refractivity contribution >= 4 is 17.2 Å². The number of hydrogen-bond acceptors (Lipinski definition) is 5. The summed E-state index contributed by atoms with van der Waals surface area (Å²) in [6, 6.07) is 2.44. The van der Waals surface area contributed by atoms with Gasteiger partial charge in [0.2, 0.25) is 17.6 Å². The molecule has 0 radical (unpaired) electrons. The Balaban J connectivity index is 1.55. The second kappa shape index (κ2) is 4.16. The van der Waals surface area contributed by atoms with E-state index in [1.54, 1.807) is 11.3 Å². The van der Waals surface area contributed by atoms with E-state index in [9.17, 15) is 4.79 Å². The zero-order chi connectivity index (χ0) is 12.8. The van der Waals surface area contributed by atoms with Gasteiger partial charge >= 0.3 is 0 Å². The quantitative estimate of drug-likeness (QED) is 0.862. The number of amides is 1. The van der Waals surface area contributed by atoms with Crippen LogP contribution in [0.15, 0.2) is 21.3 Å². The Hall–Kier alpha value is -1.69. The molecule has 2 aromatic heterocycles. The maximum Gasteiger partial charge on any atom is 0.232 e. The Morgan fingerprint density at radius 2 is 2.32 bits per heavy atom. The zero-order valence-corrected chi connectivity index (χ0v) is 11.1. The number of nitrogens with zero attached hydrogens (tertiary/aromatic N) is 3. The molecule has 1 amide bonds. The fourth-order valence-electron chi connectivity index (χ4n) is 2.55. The van der Waals surface area contributed by atoms with Crippen molar-refractivity contribution in [3.05, 3.63) is 22.7 Å². The maximum absolute atomic E-state index is 11.9. The molecular weight excluding hydrogens is 262 g/mol. The number of carbonyl (C=O) groups is 1. The summed E-state index contributed by atoms with van der Waals surface area (Å²) in [6.45, 7) is 0.731. The SMILES string of the molecule is O=C1C[C@@H](c2nc(-c3ccsc3)no2)CN1C1CC1. The summed E-state index contributed by atoms with van der Waals surface area (Å²) < 4.78 is 5.33. The highest BCUT2D eigenvalue weighted by atomic mass is 32.1. The molecule has 2 aromatic rings. The van der Waals surface area contributed by atoms with Gasteiger partial charge in [0.25, 0.3) is 0 Å². The summed E-state index contributed by atoms with van der Waals surface area (Å²) >= 11 is 1.60. The van der Waals surface area contributed by atoms with Crippen LogP contribution in [0.2, 0.25) is 0 Å². The van der Waals surface area contributed by atoms with Crippen molar-refractivity contribution in [3.63, 3.8) is 0 Å². The molecular formula is C13H13N3O2S. The van der Waals surface area contributed by atoms with E-state index in [4.69, 9.17) is 4.52 Å². The third kappa shape index (κ3) is 1.96. The maximum atomic E-state index is 11.9. The van der Waals surface area contributed by atoms with Gasteiger partial charge in [-0.1, -0.05) is 5.16 Å². The van der Waals surface area contributed by atoms with E-state index < -0.39 is 0 Å². The summed E-state index contributed by atoms with van der Waals surface area (Å²) in [7, 11) is 0. The van der Waals surface area contributed by atoms with E-state index in [2.05, 4.69) is 10.1 Å². The Labute approximate surface area is 114 Å². The van der Waals surface area contributed by atoms with Gasteiger partial charge in [-0.25, -0.2) is 0 Å². The molecule has 98 valence electrons. The normalized spacial score (nSPS) is 23.3. The Morgan fingerprint density at radius 1 is 1.42 bits per heavy atom. The van der Waals surface area contributed by atoms with Gasteiger partial charge in [-0.2, -0.15) is 16.3 Å². The second-order valence-electron chi connectivity index (χ2n) is 5.15. The fraction of sp³-hybridized carbons (Fsp3) is 0.462. The first kappa shape index (κ1) is 11.2. The highest BCUT2D eigenvalue weighted by molar-refractivity contribution is 7.08. The lowest BCUT2D eigenvalue weighted by Crippen LogP contribution is -2.27. The van der Waals surface area contributed by atoms with Crippen LogP contribution in [-0.4, -0.2) is 33.5 Å². The first-order chi connectivity index (χ1) is 9.31. The van der Waals surface area contributed by atoms with Gasteiger partial charge in [0.15, 0.2) is 0 Å². The van der Waals surface area contributed by atoms with Crippen molar-refractivity contribution in [2.24, 2.45) is 0 Å². The molecule has 3 heterocycles. The van der Waals surface area contributed by atoms with Gasteiger partial charge in [-0.3, -0.25) is 4.79 Å². The number of carbonyl (C=O) groups excluding carboxylic acids is 1. The van der Waals surface area contributed by atoms with Crippen molar-refractivity contribution in [1.82, 2.24) is 15.0 Å². The summed E-state index contributed by atoms with van der Waals surface area (Å²) in [5.41, 5.74) is 0.975. The van der Waals surface area contributed by atoms with Gasteiger partial charge in [0.05, 0.1) is 5.92 Å². The van der Waals surface area contributed by atoms with Crippen molar-refractivity contribution in [1.29, 1.82) is 0 Å². The van der Waals surface area contributed by atoms with Crippen LogP contribution < -0.4 is 0 Å². The standard InChI is InChI=1S/C13H13N3O2S/c17-11-5-9(6-16(11)10-1-2-10)13-14-12(15-18-13)8-3-4-19-7-8/h3-4,7,9-10H,1-2,5-6H2/t9-/m1/s1. The minimum atomic E-state index is 0.0629. The lowest BCUT2D eigenvalue weighted by molar-refractivity contribution is -0.128. The van der Waals surface area contributed by atoms with Crippen LogP contribution in [0.3, 0.4) is 0 Å².